The van der Waals surface area contributed by atoms with Gasteiger partial charge in [0.1, 0.15) is 11.6 Å². The quantitative estimate of drug-likeness (QED) is 0.795. The predicted octanol–water partition coefficient (Wildman–Crippen LogP) is 3.43. The number of hydrogen-bond acceptors (Lipinski definition) is 5. The Morgan fingerprint density at radius 2 is 1.59 bits per heavy atom. The molecule has 2 aliphatic heterocycles. The molecule has 2 fully saturated rings. The molecule has 0 saturated carbocycles. The SMILES string of the molecule is COc1ccccc1N1CCN(c2cc(C(=O)N3CCCCCC3)ccn2)CC1. The molecule has 2 aliphatic rings. The second-order valence-electron chi connectivity index (χ2n) is 7.76. The summed E-state index contributed by atoms with van der Waals surface area (Å²) >= 11 is 0. The summed E-state index contributed by atoms with van der Waals surface area (Å²) in [6, 6.07) is 12.0. The van der Waals surface area contributed by atoms with Gasteiger partial charge in [0.15, 0.2) is 0 Å². The van der Waals surface area contributed by atoms with Gasteiger partial charge in [0.2, 0.25) is 0 Å². The average molecular weight is 395 g/mol. The van der Waals surface area contributed by atoms with Gasteiger partial charge in [0, 0.05) is 51.0 Å². The summed E-state index contributed by atoms with van der Waals surface area (Å²) in [6.45, 7) is 5.26. The maximum atomic E-state index is 13.0. The second-order valence-corrected chi connectivity index (χ2v) is 7.76. The lowest BCUT2D eigenvalue weighted by Gasteiger charge is -2.37. The molecule has 1 aromatic carbocycles. The van der Waals surface area contributed by atoms with Crippen LogP contribution in [-0.4, -0.2) is 62.2 Å². The topological polar surface area (TPSA) is 48.9 Å². The number of carbonyl (C=O) groups excluding carboxylic acids is 1. The number of hydrogen-bond donors (Lipinski definition) is 0. The van der Waals surface area contributed by atoms with Gasteiger partial charge in [-0.1, -0.05) is 25.0 Å². The molecule has 0 unspecified atom stereocenters. The third kappa shape index (κ3) is 4.47. The van der Waals surface area contributed by atoms with Gasteiger partial charge in [0.25, 0.3) is 5.91 Å². The maximum absolute atomic E-state index is 13.0. The molecule has 2 saturated heterocycles. The van der Waals surface area contributed by atoms with Crippen LogP contribution < -0.4 is 14.5 Å². The van der Waals surface area contributed by atoms with Gasteiger partial charge < -0.3 is 19.4 Å². The van der Waals surface area contributed by atoms with Crippen molar-refractivity contribution in [3.05, 3.63) is 48.2 Å². The Bertz CT molecular complexity index is 825. The first-order valence-electron chi connectivity index (χ1n) is 10.6. The fourth-order valence-corrected chi connectivity index (χ4v) is 4.25. The van der Waals surface area contributed by atoms with Gasteiger partial charge in [0.05, 0.1) is 12.8 Å². The highest BCUT2D eigenvalue weighted by Gasteiger charge is 2.22. The highest BCUT2D eigenvalue weighted by Crippen LogP contribution is 2.29. The van der Waals surface area contributed by atoms with Crippen LogP contribution >= 0.6 is 0 Å². The van der Waals surface area contributed by atoms with Gasteiger partial charge >= 0.3 is 0 Å². The molecular weight excluding hydrogens is 364 g/mol. The van der Waals surface area contributed by atoms with E-state index < -0.39 is 0 Å². The van der Waals surface area contributed by atoms with Crippen molar-refractivity contribution in [2.75, 3.05) is 56.2 Å². The minimum Gasteiger partial charge on any atom is -0.495 e. The summed E-state index contributed by atoms with van der Waals surface area (Å²) in [4.78, 5) is 24.1. The van der Waals surface area contributed by atoms with Crippen molar-refractivity contribution < 1.29 is 9.53 Å². The van der Waals surface area contributed by atoms with E-state index >= 15 is 0 Å². The van der Waals surface area contributed by atoms with Crippen molar-refractivity contribution in [2.24, 2.45) is 0 Å². The van der Waals surface area contributed by atoms with Crippen molar-refractivity contribution in [3.63, 3.8) is 0 Å². The van der Waals surface area contributed by atoms with E-state index in [-0.39, 0.29) is 5.91 Å². The smallest absolute Gasteiger partial charge is 0.254 e. The predicted molar refractivity (Wildman–Crippen MR) is 116 cm³/mol. The molecule has 0 bridgehead atoms. The molecule has 4 rings (SSSR count). The zero-order chi connectivity index (χ0) is 20.1. The normalized spacial score (nSPS) is 17.8. The van der Waals surface area contributed by atoms with Gasteiger partial charge in [-0.25, -0.2) is 4.98 Å². The molecule has 0 N–H and O–H groups in total. The Morgan fingerprint density at radius 1 is 0.897 bits per heavy atom. The molecule has 2 aromatic rings. The molecule has 0 spiro atoms. The van der Waals surface area contributed by atoms with Gasteiger partial charge in [-0.05, 0) is 37.1 Å². The fourth-order valence-electron chi connectivity index (χ4n) is 4.25. The first-order valence-corrected chi connectivity index (χ1v) is 10.6. The largest absolute Gasteiger partial charge is 0.495 e. The first kappa shape index (κ1) is 19.6. The molecule has 0 radical (unpaired) electrons. The third-order valence-corrected chi connectivity index (χ3v) is 5.92. The van der Waals surface area contributed by atoms with Crippen LogP contribution in [0.4, 0.5) is 11.5 Å². The second kappa shape index (κ2) is 9.16. The van der Waals surface area contributed by atoms with Crippen molar-refractivity contribution in [3.8, 4) is 5.75 Å². The van der Waals surface area contributed by atoms with Crippen LogP contribution in [0.25, 0.3) is 0 Å². The van der Waals surface area contributed by atoms with Crippen LogP contribution in [-0.2, 0) is 0 Å². The minimum atomic E-state index is 0.142. The van der Waals surface area contributed by atoms with Crippen molar-refractivity contribution in [2.45, 2.75) is 25.7 Å². The van der Waals surface area contributed by atoms with Crippen molar-refractivity contribution in [1.29, 1.82) is 0 Å². The van der Waals surface area contributed by atoms with Crippen LogP contribution in [0.15, 0.2) is 42.6 Å². The number of ether oxygens (including phenoxy) is 1. The van der Waals surface area contributed by atoms with E-state index in [4.69, 9.17) is 4.74 Å². The van der Waals surface area contributed by atoms with Gasteiger partial charge in [-0.3, -0.25) is 4.79 Å². The summed E-state index contributed by atoms with van der Waals surface area (Å²) in [5.41, 5.74) is 1.89. The molecule has 0 aliphatic carbocycles. The van der Waals surface area contributed by atoms with E-state index in [0.717, 1.165) is 74.9 Å². The Kier molecular flexibility index (Phi) is 6.17. The Labute approximate surface area is 173 Å². The lowest BCUT2D eigenvalue weighted by atomic mass is 10.2. The highest BCUT2D eigenvalue weighted by molar-refractivity contribution is 5.94. The van der Waals surface area contributed by atoms with E-state index in [0.29, 0.717) is 0 Å². The number of amides is 1. The molecule has 1 amide bonds. The number of nitrogens with zero attached hydrogens (tertiary/aromatic N) is 4. The molecule has 0 atom stereocenters. The number of rotatable bonds is 4. The molecule has 3 heterocycles. The number of likely N-dealkylation sites (tertiary alicyclic amines) is 1. The Morgan fingerprint density at radius 3 is 2.31 bits per heavy atom. The maximum Gasteiger partial charge on any atom is 0.254 e. The standard InChI is InChI=1S/C23H30N4O2/c1-29-21-9-5-4-8-20(21)25-14-16-26(17-15-25)22-18-19(10-11-24-22)23(28)27-12-6-2-3-7-13-27/h4-5,8-11,18H,2-3,6-7,12-17H2,1H3. The molecule has 154 valence electrons. The van der Waals surface area contributed by atoms with Crippen molar-refractivity contribution >= 4 is 17.4 Å². The van der Waals surface area contributed by atoms with Crippen molar-refractivity contribution in [1.82, 2.24) is 9.88 Å². The number of aromatic nitrogens is 1. The van der Waals surface area contributed by atoms with E-state index in [1.54, 1.807) is 13.3 Å². The zero-order valence-corrected chi connectivity index (χ0v) is 17.2. The summed E-state index contributed by atoms with van der Waals surface area (Å²) in [5.74, 6) is 1.94. The molecular formula is C23H30N4O2. The molecule has 1 aromatic heterocycles. The summed E-state index contributed by atoms with van der Waals surface area (Å²) in [5, 5.41) is 0. The lowest BCUT2D eigenvalue weighted by molar-refractivity contribution is 0.0761. The Balaban J connectivity index is 1.42. The van der Waals surface area contributed by atoms with E-state index in [2.05, 4.69) is 20.9 Å². The lowest BCUT2D eigenvalue weighted by Crippen LogP contribution is -2.47. The minimum absolute atomic E-state index is 0.142. The van der Waals surface area contributed by atoms with Crippen LogP contribution in [0.2, 0.25) is 0 Å². The number of piperazine rings is 1. The number of para-hydroxylation sites is 2. The molecule has 6 heteroatoms. The van der Waals surface area contributed by atoms with E-state index in [9.17, 15) is 4.79 Å². The number of methoxy groups -OCH3 is 1. The van der Waals surface area contributed by atoms with E-state index in [1.807, 2.05) is 35.2 Å². The first-order chi connectivity index (χ1) is 14.3. The number of carbonyl (C=O) groups is 1. The van der Waals surface area contributed by atoms with Crippen LogP contribution in [0.3, 0.4) is 0 Å². The third-order valence-electron chi connectivity index (χ3n) is 5.92. The Hall–Kier alpha value is -2.76. The summed E-state index contributed by atoms with van der Waals surface area (Å²) in [7, 11) is 1.71. The van der Waals surface area contributed by atoms with Gasteiger partial charge in [-0.15, -0.1) is 0 Å². The highest BCUT2D eigenvalue weighted by atomic mass is 16.5. The summed E-state index contributed by atoms with van der Waals surface area (Å²) < 4.78 is 5.51. The number of benzene rings is 1. The number of anilines is 2. The monoisotopic (exact) mass is 394 g/mol. The average Bonchev–Trinajstić information content (AvgIpc) is 3.08. The van der Waals surface area contributed by atoms with Gasteiger partial charge in [-0.2, -0.15) is 0 Å². The molecule has 6 nitrogen and oxygen atoms in total. The van der Waals surface area contributed by atoms with Crippen LogP contribution in [0, 0.1) is 0 Å². The van der Waals surface area contributed by atoms with Crippen LogP contribution in [0.1, 0.15) is 36.0 Å². The summed E-state index contributed by atoms with van der Waals surface area (Å²) in [6.07, 6.45) is 6.43. The molecule has 29 heavy (non-hydrogen) atoms. The number of pyridine rings is 1. The fraction of sp³-hybridized carbons (Fsp3) is 0.478. The zero-order valence-electron chi connectivity index (χ0n) is 17.2. The van der Waals surface area contributed by atoms with E-state index in [1.165, 1.54) is 12.8 Å². The van der Waals surface area contributed by atoms with Crippen LogP contribution in [0.5, 0.6) is 5.75 Å².